The van der Waals surface area contributed by atoms with Gasteiger partial charge >= 0.3 is 0 Å². The third-order valence-corrected chi connectivity index (χ3v) is 5.77. The Morgan fingerprint density at radius 3 is 2.42 bits per heavy atom. The molecule has 2 aliphatic rings. The molecule has 0 saturated heterocycles. The summed E-state index contributed by atoms with van der Waals surface area (Å²) in [6.07, 6.45) is 5.70. The second-order valence-electron chi connectivity index (χ2n) is 8.39. The van der Waals surface area contributed by atoms with Gasteiger partial charge in [0.05, 0.1) is 11.6 Å². The van der Waals surface area contributed by atoms with Gasteiger partial charge in [0.15, 0.2) is 0 Å². The predicted molar refractivity (Wildman–Crippen MR) is 106 cm³/mol. The topological polar surface area (TPSA) is 35.2 Å². The molecule has 134 valence electrons. The Morgan fingerprint density at radius 2 is 1.83 bits per heavy atom. The second-order valence-corrected chi connectivity index (χ2v) is 8.67. The van der Waals surface area contributed by atoms with Crippen molar-refractivity contribution in [3.05, 3.63) is 35.9 Å². The van der Waals surface area contributed by atoms with Crippen molar-refractivity contribution in [3.8, 4) is 0 Å². The summed E-state index contributed by atoms with van der Waals surface area (Å²) in [5.74, 6) is 1.39. The van der Waals surface area contributed by atoms with Crippen molar-refractivity contribution in [1.29, 1.82) is 0 Å². The van der Waals surface area contributed by atoms with Gasteiger partial charge in [0, 0.05) is 6.61 Å². The van der Waals surface area contributed by atoms with Gasteiger partial charge in [-0.15, -0.1) is 0 Å². The molecule has 0 heterocycles. The molecule has 3 heteroatoms. The Balaban J connectivity index is 0.000000647. The quantitative estimate of drug-likeness (QED) is 0.773. The number of benzene rings is 1. The van der Waals surface area contributed by atoms with E-state index in [9.17, 15) is 0 Å². The van der Waals surface area contributed by atoms with Gasteiger partial charge in [0.25, 0.3) is 0 Å². The highest BCUT2D eigenvalue weighted by atomic mass is 32.1. The van der Waals surface area contributed by atoms with Crippen molar-refractivity contribution in [1.82, 2.24) is 0 Å². The highest BCUT2D eigenvalue weighted by molar-refractivity contribution is 7.78. The Hall–Kier alpha value is -0.930. The maximum Gasteiger partial charge on any atom is 0.0629 e. The molecule has 0 aliphatic heterocycles. The van der Waals surface area contributed by atoms with Crippen molar-refractivity contribution in [2.24, 2.45) is 23.0 Å². The standard InChI is InChI=1S/C20H30O.CH3NS/c1-5-21-18-15(2)11-20(17-9-7-6-8-10-17)13-16(18)12-19(3,4)14-20;2-1-3/h6-10,15-16,18H,5,11-14H2,1-4H3;1H,(H2,2,3). The normalized spacial score (nSPS) is 33.9. The molecule has 2 bridgehead atoms. The van der Waals surface area contributed by atoms with E-state index < -0.39 is 0 Å². The Bertz CT molecular complexity index is 526. The summed E-state index contributed by atoms with van der Waals surface area (Å²) in [5, 5.41) is 0. The Morgan fingerprint density at radius 1 is 1.21 bits per heavy atom. The summed E-state index contributed by atoms with van der Waals surface area (Å²) in [6.45, 7) is 10.3. The third-order valence-electron chi connectivity index (χ3n) is 5.77. The van der Waals surface area contributed by atoms with Crippen LogP contribution < -0.4 is 5.73 Å². The lowest BCUT2D eigenvalue weighted by molar-refractivity contribution is -0.100. The predicted octanol–water partition coefficient (Wildman–Crippen LogP) is 5.10. The van der Waals surface area contributed by atoms with Crippen LogP contribution in [0.3, 0.4) is 0 Å². The average Bonchev–Trinajstić information content (AvgIpc) is 2.51. The average molecular weight is 348 g/mol. The molecule has 2 N–H and O–H groups in total. The van der Waals surface area contributed by atoms with E-state index in [2.05, 4.69) is 76.0 Å². The largest absolute Gasteiger partial charge is 0.396 e. The van der Waals surface area contributed by atoms with Crippen molar-refractivity contribution in [2.75, 3.05) is 6.61 Å². The SMILES string of the molecule is CCOC1C(C)CC2(c3ccccc3)CC1CC(C)(C)C2.NC=S. The lowest BCUT2D eigenvalue weighted by atomic mass is 9.50. The van der Waals surface area contributed by atoms with Crippen LogP contribution in [-0.2, 0) is 10.2 Å². The van der Waals surface area contributed by atoms with Crippen LogP contribution in [0.15, 0.2) is 30.3 Å². The van der Waals surface area contributed by atoms with Crippen LogP contribution in [0, 0.1) is 17.3 Å². The van der Waals surface area contributed by atoms with Crippen molar-refractivity contribution >= 4 is 17.7 Å². The van der Waals surface area contributed by atoms with Gasteiger partial charge in [-0.3, -0.25) is 0 Å². The zero-order chi connectivity index (χ0) is 17.8. The molecule has 24 heavy (non-hydrogen) atoms. The molecule has 4 unspecified atom stereocenters. The molecule has 1 aromatic rings. The number of ether oxygens (including phenoxy) is 1. The molecule has 0 amide bonds. The van der Waals surface area contributed by atoms with Crippen LogP contribution in [0.5, 0.6) is 0 Å². The smallest absolute Gasteiger partial charge is 0.0629 e. The first kappa shape index (κ1) is 19.4. The van der Waals surface area contributed by atoms with Crippen molar-refractivity contribution in [2.45, 2.75) is 64.9 Å². The summed E-state index contributed by atoms with van der Waals surface area (Å²) < 4.78 is 6.15. The van der Waals surface area contributed by atoms with E-state index in [4.69, 9.17) is 4.74 Å². The Kier molecular flexibility index (Phi) is 6.44. The number of fused-ring (bicyclic) bond motifs is 2. The van der Waals surface area contributed by atoms with Crippen LogP contribution in [0.25, 0.3) is 0 Å². The molecule has 2 saturated carbocycles. The van der Waals surface area contributed by atoms with Gasteiger partial charge in [-0.2, -0.15) is 0 Å². The molecule has 0 radical (unpaired) electrons. The monoisotopic (exact) mass is 347 g/mol. The summed E-state index contributed by atoms with van der Waals surface area (Å²) in [5.41, 5.74) is 7.98. The van der Waals surface area contributed by atoms with E-state index in [1.54, 1.807) is 5.56 Å². The van der Waals surface area contributed by atoms with Crippen LogP contribution in [-0.4, -0.2) is 18.2 Å². The maximum absolute atomic E-state index is 6.15. The zero-order valence-electron chi connectivity index (χ0n) is 15.6. The minimum Gasteiger partial charge on any atom is -0.396 e. The molecule has 3 rings (SSSR count). The highest BCUT2D eigenvalue weighted by Crippen LogP contribution is 2.58. The van der Waals surface area contributed by atoms with E-state index in [0.717, 1.165) is 18.0 Å². The summed E-state index contributed by atoms with van der Waals surface area (Å²) in [4.78, 5) is 0. The first-order chi connectivity index (χ1) is 11.4. The molecule has 0 spiro atoms. The van der Waals surface area contributed by atoms with E-state index in [0.29, 0.717) is 22.9 Å². The minimum atomic E-state index is 0.376. The number of rotatable bonds is 3. The minimum absolute atomic E-state index is 0.376. The molecule has 2 nitrogen and oxygen atoms in total. The fourth-order valence-corrected chi connectivity index (χ4v) is 5.55. The summed E-state index contributed by atoms with van der Waals surface area (Å²) >= 11 is 4.05. The number of hydrogen-bond donors (Lipinski definition) is 1. The van der Waals surface area contributed by atoms with Gasteiger partial charge in [-0.25, -0.2) is 0 Å². The van der Waals surface area contributed by atoms with E-state index in [1.807, 2.05) is 0 Å². The van der Waals surface area contributed by atoms with Crippen molar-refractivity contribution < 1.29 is 4.74 Å². The molecular formula is C21H33NOS. The van der Waals surface area contributed by atoms with Gasteiger partial charge in [0.2, 0.25) is 0 Å². The van der Waals surface area contributed by atoms with Crippen LogP contribution >= 0.6 is 12.2 Å². The highest BCUT2D eigenvalue weighted by Gasteiger charge is 2.52. The molecule has 4 atom stereocenters. The third kappa shape index (κ3) is 4.18. The second kappa shape index (κ2) is 7.97. The first-order valence-corrected chi connectivity index (χ1v) is 9.67. The molecule has 0 aromatic heterocycles. The molecule has 2 aliphatic carbocycles. The zero-order valence-corrected chi connectivity index (χ0v) is 16.4. The van der Waals surface area contributed by atoms with E-state index >= 15 is 0 Å². The van der Waals surface area contributed by atoms with Crippen molar-refractivity contribution in [3.63, 3.8) is 0 Å². The van der Waals surface area contributed by atoms with Crippen LogP contribution in [0.2, 0.25) is 0 Å². The summed E-state index contributed by atoms with van der Waals surface area (Å²) in [6, 6.07) is 11.3. The fraction of sp³-hybridized carbons (Fsp3) is 0.667. The van der Waals surface area contributed by atoms with Gasteiger partial charge in [-0.05, 0) is 60.8 Å². The van der Waals surface area contributed by atoms with E-state index in [-0.39, 0.29) is 0 Å². The van der Waals surface area contributed by atoms with Gasteiger partial charge in [0.1, 0.15) is 0 Å². The lowest BCUT2D eigenvalue weighted by Crippen LogP contribution is -2.52. The molecular weight excluding hydrogens is 314 g/mol. The van der Waals surface area contributed by atoms with Gasteiger partial charge in [-0.1, -0.05) is 63.3 Å². The fourth-order valence-electron chi connectivity index (χ4n) is 5.55. The lowest BCUT2D eigenvalue weighted by Gasteiger charge is -2.56. The first-order valence-electron chi connectivity index (χ1n) is 9.20. The van der Waals surface area contributed by atoms with Crippen LogP contribution in [0.4, 0.5) is 0 Å². The van der Waals surface area contributed by atoms with Gasteiger partial charge < -0.3 is 10.5 Å². The summed E-state index contributed by atoms with van der Waals surface area (Å²) in [7, 11) is 0. The number of thiocarbonyl (C=S) groups is 1. The molecule has 2 fully saturated rings. The molecule has 1 aromatic carbocycles. The van der Waals surface area contributed by atoms with E-state index in [1.165, 1.54) is 25.7 Å². The number of nitrogens with two attached hydrogens (primary N) is 1. The maximum atomic E-state index is 6.15. The Labute approximate surface area is 153 Å². The van der Waals surface area contributed by atoms with Crippen LogP contribution in [0.1, 0.15) is 58.9 Å². The number of hydrogen-bond acceptors (Lipinski definition) is 2.